The van der Waals surface area contributed by atoms with Gasteiger partial charge in [-0.15, -0.1) is 11.3 Å². The maximum absolute atomic E-state index is 12.9. The summed E-state index contributed by atoms with van der Waals surface area (Å²) in [4.78, 5) is 11.8. The molecule has 1 aromatic heterocycles. The minimum atomic E-state index is -4.55. The Kier molecular flexibility index (Phi) is 5.64. The molecule has 10 heteroatoms. The van der Waals surface area contributed by atoms with Crippen LogP contribution in [-0.4, -0.2) is 36.9 Å². The van der Waals surface area contributed by atoms with E-state index in [9.17, 15) is 31.5 Å². The van der Waals surface area contributed by atoms with Gasteiger partial charge in [0.2, 0.25) is 0 Å². The minimum Gasteiger partial charge on any atom is -0.478 e. The van der Waals surface area contributed by atoms with Gasteiger partial charge in [0.05, 0.1) is 11.1 Å². The summed E-state index contributed by atoms with van der Waals surface area (Å²) in [5, 5.41) is 9.50. The number of alkyl halides is 3. The van der Waals surface area contributed by atoms with Gasteiger partial charge in [-0.2, -0.15) is 17.5 Å². The van der Waals surface area contributed by atoms with E-state index in [0.717, 1.165) is 42.4 Å². The molecule has 3 rings (SSSR count). The lowest BCUT2D eigenvalue weighted by atomic mass is 10.1. The zero-order chi connectivity index (χ0) is 20.5. The second kappa shape index (κ2) is 7.69. The lowest BCUT2D eigenvalue weighted by Crippen LogP contribution is -2.27. The van der Waals surface area contributed by atoms with E-state index in [0.29, 0.717) is 13.1 Å². The first-order chi connectivity index (χ1) is 13.1. The molecular weight excluding hydrogens is 415 g/mol. The highest BCUT2D eigenvalue weighted by molar-refractivity contribution is 7.91. The number of carboxylic acids is 1. The number of carbonyl (C=O) groups is 1. The number of aliphatic carboxylic acids is 1. The van der Waals surface area contributed by atoms with Crippen LogP contribution in [0.3, 0.4) is 0 Å². The largest absolute Gasteiger partial charge is 0.478 e. The van der Waals surface area contributed by atoms with Crippen molar-refractivity contribution in [1.82, 2.24) is 4.31 Å². The summed E-state index contributed by atoms with van der Waals surface area (Å²) in [6.07, 6.45) is -1.90. The van der Waals surface area contributed by atoms with E-state index < -0.39 is 27.7 Å². The lowest BCUT2D eigenvalue weighted by molar-refractivity contribution is -0.137. The first-order valence-corrected chi connectivity index (χ1v) is 10.6. The number of sulfonamides is 1. The van der Waals surface area contributed by atoms with Crippen molar-refractivity contribution in [2.75, 3.05) is 13.1 Å². The molecule has 0 amide bonds. The first-order valence-electron chi connectivity index (χ1n) is 8.31. The van der Waals surface area contributed by atoms with Crippen molar-refractivity contribution < 1.29 is 31.5 Å². The van der Waals surface area contributed by atoms with Crippen LogP contribution >= 0.6 is 11.3 Å². The molecule has 1 saturated heterocycles. The van der Waals surface area contributed by atoms with Crippen LogP contribution < -0.4 is 0 Å². The highest BCUT2D eigenvalue weighted by atomic mass is 32.2. The third kappa shape index (κ3) is 4.29. The number of halogens is 3. The molecule has 0 saturated carbocycles. The molecule has 2 heterocycles. The molecule has 0 radical (unpaired) electrons. The van der Waals surface area contributed by atoms with Crippen molar-refractivity contribution in [2.24, 2.45) is 0 Å². The van der Waals surface area contributed by atoms with E-state index in [1.807, 2.05) is 0 Å². The number of hydrogen-bond acceptors (Lipinski definition) is 4. The first kappa shape index (κ1) is 20.6. The predicted octanol–water partition coefficient (Wildman–Crippen LogP) is 4.18. The SMILES string of the molecule is O=C(O)/C(=C\c1cccc(C(F)(F)F)c1)c1ccc(S(=O)(=O)N2CCCC2)s1. The van der Waals surface area contributed by atoms with E-state index in [-0.39, 0.29) is 20.2 Å². The normalized spacial score (nSPS) is 16.5. The van der Waals surface area contributed by atoms with E-state index in [1.54, 1.807) is 0 Å². The number of thiophene rings is 1. The molecule has 2 aromatic rings. The van der Waals surface area contributed by atoms with Crippen LogP contribution in [-0.2, 0) is 21.0 Å². The average Bonchev–Trinajstić information content (AvgIpc) is 3.31. The van der Waals surface area contributed by atoms with E-state index in [2.05, 4.69) is 0 Å². The Labute approximate surface area is 163 Å². The molecule has 1 aromatic carbocycles. The van der Waals surface area contributed by atoms with Crippen LogP contribution in [0.2, 0.25) is 0 Å². The molecule has 28 heavy (non-hydrogen) atoms. The molecule has 1 fully saturated rings. The summed E-state index contributed by atoms with van der Waals surface area (Å²) in [7, 11) is -3.69. The van der Waals surface area contributed by atoms with Gasteiger partial charge >= 0.3 is 12.1 Å². The fraction of sp³-hybridized carbons (Fsp3) is 0.278. The average molecular weight is 431 g/mol. The zero-order valence-electron chi connectivity index (χ0n) is 14.4. The zero-order valence-corrected chi connectivity index (χ0v) is 16.1. The number of carboxylic acid groups (broad SMARTS) is 1. The highest BCUT2D eigenvalue weighted by Gasteiger charge is 2.31. The molecule has 1 N–H and O–H groups in total. The van der Waals surface area contributed by atoms with Crippen molar-refractivity contribution in [3.8, 4) is 0 Å². The third-order valence-electron chi connectivity index (χ3n) is 4.26. The van der Waals surface area contributed by atoms with Gasteiger partial charge in [-0.3, -0.25) is 0 Å². The van der Waals surface area contributed by atoms with Gasteiger partial charge in [0, 0.05) is 18.0 Å². The summed E-state index contributed by atoms with van der Waals surface area (Å²) >= 11 is 0.791. The Balaban J connectivity index is 1.97. The molecular formula is C18H16F3NO4S2. The molecule has 150 valence electrons. The van der Waals surface area contributed by atoms with Gasteiger partial charge < -0.3 is 5.11 Å². The molecule has 1 aliphatic rings. The second-order valence-electron chi connectivity index (χ2n) is 6.22. The summed E-state index contributed by atoms with van der Waals surface area (Å²) in [5.41, 5.74) is -1.11. The van der Waals surface area contributed by atoms with Crippen LogP contribution in [0.15, 0.2) is 40.6 Å². The molecule has 0 unspecified atom stereocenters. The Morgan fingerprint density at radius 2 is 1.82 bits per heavy atom. The Bertz CT molecular complexity index is 1020. The summed E-state index contributed by atoms with van der Waals surface area (Å²) < 4.78 is 65.1. The topological polar surface area (TPSA) is 74.7 Å². The van der Waals surface area contributed by atoms with E-state index in [1.165, 1.54) is 28.6 Å². The molecule has 0 atom stereocenters. The summed E-state index contributed by atoms with van der Waals surface area (Å²) in [6.45, 7) is 0.836. The molecule has 0 aliphatic carbocycles. The maximum atomic E-state index is 12.9. The van der Waals surface area contributed by atoms with Gasteiger partial charge in [0.1, 0.15) is 4.21 Å². The number of hydrogen-bond donors (Lipinski definition) is 1. The fourth-order valence-electron chi connectivity index (χ4n) is 2.87. The third-order valence-corrected chi connectivity index (χ3v) is 7.75. The smallest absolute Gasteiger partial charge is 0.416 e. The molecule has 1 aliphatic heterocycles. The summed E-state index contributed by atoms with van der Waals surface area (Å²) in [6, 6.07) is 6.97. The van der Waals surface area contributed by atoms with Crippen LogP contribution in [0.5, 0.6) is 0 Å². The Hall–Kier alpha value is -2.17. The monoisotopic (exact) mass is 431 g/mol. The molecule has 0 bridgehead atoms. The second-order valence-corrected chi connectivity index (χ2v) is 9.46. The predicted molar refractivity (Wildman–Crippen MR) is 99.3 cm³/mol. The van der Waals surface area contributed by atoms with Gasteiger partial charge in [-0.1, -0.05) is 12.1 Å². The minimum absolute atomic E-state index is 0.0144. The van der Waals surface area contributed by atoms with Gasteiger partial charge in [-0.25, -0.2) is 13.2 Å². The number of nitrogens with zero attached hydrogens (tertiary/aromatic N) is 1. The van der Waals surface area contributed by atoms with E-state index in [4.69, 9.17) is 0 Å². The quantitative estimate of drug-likeness (QED) is 0.721. The lowest BCUT2D eigenvalue weighted by Gasteiger charge is -2.13. The number of benzene rings is 1. The van der Waals surface area contributed by atoms with Gasteiger partial charge in [0.15, 0.2) is 0 Å². The van der Waals surface area contributed by atoms with Crippen molar-refractivity contribution >= 4 is 39.0 Å². The van der Waals surface area contributed by atoms with Crippen molar-refractivity contribution in [1.29, 1.82) is 0 Å². The fourth-order valence-corrected chi connectivity index (χ4v) is 5.85. The van der Waals surface area contributed by atoms with Gasteiger partial charge in [-0.05, 0) is 48.7 Å². The van der Waals surface area contributed by atoms with Crippen LogP contribution in [0.1, 0.15) is 28.8 Å². The summed E-state index contributed by atoms with van der Waals surface area (Å²) in [5.74, 6) is -1.36. The highest BCUT2D eigenvalue weighted by Crippen LogP contribution is 2.33. The van der Waals surface area contributed by atoms with Crippen molar-refractivity contribution in [2.45, 2.75) is 23.2 Å². The Morgan fingerprint density at radius 3 is 2.43 bits per heavy atom. The van der Waals surface area contributed by atoms with Crippen LogP contribution in [0.4, 0.5) is 13.2 Å². The van der Waals surface area contributed by atoms with Crippen molar-refractivity contribution in [3.05, 3.63) is 52.4 Å². The Morgan fingerprint density at radius 1 is 1.14 bits per heavy atom. The molecule has 5 nitrogen and oxygen atoms in total. The van der Waals surface area contributed by atoms with Crippen molar-refractivity contribution in [3.63, 3.8) is 0 Å². The molecule has 0 spiro atoms. The van der Waals surface area contributed by atoms with Crippen LogP contribution in [0.25, 0.3) is 11.6 Å². The van der Waals surface area contributed by atoms with E-state index >= 15 is 0 Å². The van der Waals surface area contributed by atoms with Gasteiger partial charge in [0.25, 0.3) is 10.0 Å². The maximum Gasteiger partial charge on any atom is 0.416 e. The number of rotatable bonds is 5. The standard InChI is InChI=1S/C18H16F3NO4S2/c19-18(20,21)13-5-3-4-12(10-13)11-14(17(23)24)15-6-7-16(27-15)28(25,26)22-8-1-2-9-22/h3-7,10-11H,1-2,8-9H2,(H,23,24)/b14-11-. The van der Waals surface area contributed by atoms with Crippen LogP contribution in [0, 0.1) is 0 Å².